The van der Waals surface area contributed by atoms with Gasteiger partial charge in [0.05, 0.1) is 11.0 Å². The Kier molecular flexibility index (Phi) is 5.41. The number of benzene rings is 1. The van der Waals surface area contributed by atoms with E-state index >= 15 is 0 Å². The van der Waals surface area contributed by atoms with Gasteiger partial charge in [-0.05, 0) is 25.0 Å². The molecule has 1 aliphatic rings. The Morgan fingerprint density at radius 1 is 1.40 bits per heavy atom. The summed E-state index contributed by atoms with van der Waals surface area (Å²) in [6, 6.07) is 3.04. The zero-order valence-corrected chi connectivity index (χ0v) is 11.4. The SMILES string of the molecule is Cl.NC1CCN(C(=O)c2ccc(F)cc2[N+](=O)[O-])CC1. The van der Waals surface area contributed by atoms with Gasteiger partial charge in [-0.25, -0.2) is 4.39 Å². The second kappa shape index (κ2) is 6.62. The number of halogens is 2. The van der Waals surface area contributed by atoms with Gasteiger partial charge in [-0.3, -0.25) is 14.9 Å². The lowest BCUT2D eigenvalue weighted by molar-refractivity contribution is -0.385. The summed E-state index contributed by atoms with van der Waals surface area (Å²) in [5.41, 5.74) is 5.16. The summed E-state index contributed by atoms with van der Waals surface area (Å²) in [7, 11) is 0. The molecule has 0 atom stereocenters. The normalized spacial score (nSPS) is 15.6. The van der Waals surface area contributed by atoms with Crippen molar-refractivity contribution in [2.24, 2.45) is 5.73 Å². The minimum Gasteiger partial charge on any atom is -0.338 e. The number of nitrogens with two attached hydrogens (primary N) is 1. The molecule has 110 valence electrons. The summed E-state index contributed by atoms with van der Waals surface area (Å²) >= 11 is 0. The topological polar surface area (TPSA) is 89.5 Å². The third-order valence-corrected chi connectivity index (χ3v) is 3.21. The van der Waals surface area contributed by atoms with Crippen molar-refractivity contribution in [3.63, 3.8) is 0 Å². The summed E-state index contributed by atoms with van der Waals surface area (Å²) in [5.74, 6) is -1.18. The van der Waals surface area contributed by atoms with E-state index in [2.05, 4.69) is 0 Å². The smallest absolute Gasteiger partial charge is 0.285 e. The molecule has 1 saturated heterocycles. The second-order valence-electron chi connectivity index (χ2n) is 4.55. The van der Waals surface area contributed by atoms with Gasteiger partial charge < -0.3 is 10.6 Å². The highest BCUT2D eigenvalue weighted by atomic mass is 35.5. The molecule has 0 unspecified atom stereocenters. The molecule has 20 heavy (non-hydrogen) atoms. The highest BCUT2D eigenvalue weighted by molar-refractivity contribution is 5.98. The molecule has 2 rings (SSSR count). The molecular weight excluding hydrogens is 289 g/mol. The maximum Gasteiger partial charge on any atom is 0.285 e. The van der Waals surface area contributed by atoms with Crippen molar-refractivity contribution in [1.29, 1.82) is 0 Å². The van der Waals surface area contributed by atoms with Crippen molar-refractivity contribution < 1.29 is 14.1 Å². The van der Waals surface area contributed by atoms with Crippen LogP contribution in [0.5, 0.6) is 0 Å². The molecule has 1 heterocycles. The van der Waals surface area contributed by atoms with Gasteiger partial charge in [0.15, 0.2) is 0 Å². The van der Waals surface area contributed by atoms with Crippen LogP contribution in [-0.4, -0.2) is 34.9 Å². The van der Waals surface area contributed by atoms with E-state index in [1.807, 2.05) is 0 Å². The Morgan fingerprint density at radius 3 is 2.55 bits per heavy atom. The molecule has 0 bridgehead atoms. The number of rotatable bonds is 2. The number of piperidine rings is 1. The van der Waals surface area contributed by atoms with E-state index in [-0.39, 0.29) is 24.0 Å². The van der Waals surface area contributed by atoms with Crippen LogP contribution >= 0.6 is 12.4 Å². The minimum absolute atomic E-state index is 0. The summed E-state index contributed by atoms with van der Waals surface area (Å²) in [4.78, 5) is 23.8. The van der Waals surface area contributed by atoms with Crippen molar-refractivity contribution in [3.8, 4) is 0 Å². The van der Waals surface area contributed by atoms with Gasteiger partial charge in [0.1, 0.15) is 11.4 Å². The van der Waals surface area contributed by atoms with Crippen LogP contribution in [0, 0.1) is 15.9 Å². The third kappa shape index (κ3) is 3.43. The lowest BCUT2D eigenvalue weighted by Crippen LogP contribution is -2.43. The van der Waals surface area contributed by atoms with Crippen LogP contribution in [0.3, 0.4) is 0 Å². The minimum atomic E-state index is -0.744. The Balaban J connectivity index is 0.00000200. The van der Waals surface area contributed by atoms with Gasteiger partial charge in [-0.1, -0.05) is 0 Å². The number of likely N-dealkylation sites (tertiary alicyclic amines) is 1. The maximum atomic E-state index is 13.0. The first kappa shape index (κ1) is 16.3. The number of carbonyl (C=O) groups is 1. The number of hydrogen-bond acceptors (Lipinski definition) is 4. The highest BCUT2D eigenvalue weighted by Crippen LogP contribution is 2.22. The molecule has 6 nitrogen and oxygen atoms in total. The molecule has 1 aromatic rings. The Bertz CT molecular complexity index is 519. The highest BCUT2D eigenvalue weighted by Gasteiger charge is 2.27. The predicted octanol–water partition coefficient (Wildman–Crippen LogP) is 1.72. The fraction of sp³-hybridized carbons (Fsp3) is 0.417. The average molecular weight is 304 g/mol. The van der Waals surface area contributed by atoms with Crippen molar-refractivity contribution in [1.82, 2.24) is 4.90 Å². The van der Waals surface area contributed by atoms with E-state index in [0.717, 1.165) is 18.2 Å². The molecule has 0 saturated carbocycles. The van der Waals surface area contributed by atoms with Crippen LogP contribution in [0.25, 0.3) is 0 Å². The van der Waals surface area contributed by atoms with E-state index in [4.69, 9.17) is 5.73 Å². The summed E-state index contributed by atoms with van der Waals surface area (Å²) in [6.45, 7) is 0.934. The predicted molar refractivity (Wildman–Crippen MR) is 73.4 cm³/mol. The number of nitrogens with zero attached hydrogens (tertiary/aromatic N) is 2. The maximum absolute atomic E-state index is 13.0. The van der Waals surface area contributed by atoms with E-state index < -0.39 is 22.3 Å². The molecular formula is C12H15ClFN3O3. The van der Waals surface area contributed by atoms with Crippen molar-refractivity contribution in [2.75, 3.05) is 13.1 Å². The molecule has 0 radical (unpaired) electrons. The van der Waals surface area contributed by atoms with Gasteiger partial charge in [0.2, 0.25) is 0 Å². The van der Waals surface area contributed by atoms with Crippen molar-refractivity contribution >= 4 is 24.0 Å². The molecule has 0 aliphatic carbocycles. The monoisotopic (exact) mass is 303 g/mol. The van der Waals surface area contributed by atoms with Crippen LogP contribution in [-0.2, 0) is 0 Å². The van der Waals surface area contributed by atoms with E-state index in [0.29, 0.717) is 25.9 Å². The lowest BCUT2D eigenvalue weighted by Gasteiger charge is -2.30. The standard InChI is InChI=1S/C12H14FN3O3.ClH/c13-8-1-2-10(11(7-8)16(18)19)12(17)15-5-3-9(14)4-6-15;/h1-2,7,9H,3-6,14H2;1H. The van der Waals surface area contributed by atoms with E-state index in [1.165, 1.54) is 4.90 Å². The van der Waals surface area contributed by atoms with Crippen LogP contribution in [0.1, 0.15) is 23.2 Å². The van der Waals surface area contributed by atoms with Gasteiger partial charge in [0, 0.05) is 19.1 Å². The first-order valence-corrected chi connectivity index (χ1v) is 5.98. The number of carbonyl (C=O) groups excluding carboxylic acids is 1. The quantitative estimate of drug-likeness (QED) is 0.665. The van der Waals surface area contributed by atoms with Gasteiger partial charge in [0.25, 0.3) is 11.6 Å². The first-order chi connectivity index (χ1) is 8.99. The molecule has 1 aliphatic heterocycles. The molecule has 8 heteroatoms. The molecule has 1 amide bonds. The molecule has 0 aromatic heterocycles. The summed E-state index contributed by atoms with van der Waals surface area (Å²) < 4.78 is 13.0. The number of nitro benzene ring substituents is 1. The third-order valence-electron chi connectivity index (χ3n) is 3.21. The van der Waals surface area contributed by atoms with Crippen LogP contribution in [0.4, 0.5) is 10.1 Å². The van der Waals surface area contributed by atoms with Gasteiger partial charge in [-0.2, -0.15) is 0 Å². The van der Waals surface area contributed by atoms with Crippen LogP contribution in [0.15, 0.2) is 18.2 Å². The average Bonchev–Trinajstić information content (AvgIpc) is 2.38. The summed E-state index contributed by atoms with van der Waals surface area (Å²) in [5, 5.41) is 10.9. The number of nitro groups is 1. The Hall–Kier alpha value is -1.73. The molecule has 1 aromatic carbocycles. The second-order valence-corrected chi connectivity index (χ2v) is 4.55. The largest absolute Gasteiger partial charge is 0.338 e. The van der Waals surface area contributed by atoms with Gasteiger partial charge >= 0.3 is 0 Å². The van der Waals surface area contributed by atoms with Crippen molar-refractivity contribution in [2.45, 2.75) is 18.9 Å². The van der Waals surface area contributed by atoms with Crippen molar-refractivity contribution in [3.05, 3.63) is 39.7 Å². The Morgan fingerprint density at radius 2 is 2.00 bits per heavy atom. The lowest BCUT2D eigenvalue weighted by atomic mass is 10.0. The Labute approximate surface area is 121 Å². The van der Waals surface area contributed by atoms with E-state index in [9.17, 15) is 19.3 Å². The fourth-order valence-corrected chi connectivity index (χ4v) is 2.11. The number of hydrogen-bond donors (Lipinski definition) is 1. The first-order valence-electron chi connectivity index (χ1n) is 5.98. The van der Waals surface area contributed by atoms with E-state index in [1.54, 1.807) is 0 Å². The molecule has 2 N–H and O–H groups in total. The van der Waals surface area contributed by atoms with Crippen LogP contribution in [0.2, 0.25) is 0 Å². The zero-order chi connectivity index (χ0) is 14.0. The zero-order valence-electron chi connectivity index (χ0n) is 10.6. The van der Waals surface area contributed by atoms with Gasteiger partial charge in [-0.15, -0.1) is 12.4 Å². The fourth-order valence-electron chi connectivity index (χ4n) is 2.11. The summed E-state index contributed by atoms with van der Waals surface area (Å²) in [6.07, 6.45) is 1.33. The molecule has 0 spiro atoms. The number of amides is 1. The van der Waals surface area contributed by atoms with Crippen LogP contribution < -0.4 is 5.73 Å². The molecule has 1 fully saturated rings.